The molecule has 2 N–H and O–H groups in total. The number of carbonyl (C=O) groups is 2. The lowest BCUT2D eigenvalue weighted by molar-refractivity contribution is -0.183. The largest absolute Gasteiger partial charge is 0.313 e. The molecule has 0 radical (unpaired) electrons. The average Bonchev–Trinajstić information content (AvgIpc) is 2.99. The first-order valence-corrected chi connectivity index (χ1v) is 20.7. The number of carbonyl (C=O) groups excluding carboxylic acids is 2. The maximum absolute atomic E-state index is 13.1. The van der Waals surface area contributed by atoms with E-state index in [2.05, 4.69) is 13.8 Å². The standard InChI is InChI=1S/C36H71NO3.CH4O3S/c1-5-8-10-12-14-16-18-20-22-24-26-28-30-32-34(38)36(4,37(40)7-3)35(39)33-31-29-27-25-23-21-19-17-15-13-11-9-6-2;1-5(2,3)4/h40H,5-33H2,1-4H3;1H3,(H,2,3,4). The Morgan fingerprint density at radius 1 is 0.511 bits per heavy atom. The second kappa shape index (κ2) is 31.8. The zero-order valence-corrected chi connectivity index (χ0v) is 31.2. The summed E-state index contributed by atoms with van der Waals surface area (Å²) in [6.07, 6.45) is 34.4. The fourth-order valence-corrected chi connectivity index (χ4v) is 5.85. The van der Waals surface area contributed by atoms with E-state index in [1.54, 1.807) is 13.8 Å². The maximum atomic E-state index is 13.1. The highest BCUT2D eigenvalue weighted by atomic mass is 32.2. The van der Waals surface area contributed by atoms with E-state index >= 15 is 0 Å². The van der Waals surface area contributed by atoms with Crippen molar-refractivity contribution >= 4 is 21.7 Å². The van der Waals surface area contributed by atoms with Crippen molar-refractivity contribution in [3.05, 3.63) is 0 Å². The number of unbranched alkanes of at least 4 members (excludes halogenated alkanes) is 24. The Labute approximate surface area is 279 Å². The molecular weight excluding hydrogens is 586 g/mol. The quantitative estimate of drug-likeness (QED) is 0.0319. The molecule has 0 spiro atoms. The summed E-state index contributed by atoms with van der Waals surface area (Å²) in [4.78, 5) is 26.2. The monoisotopic (exact) mass is 662 g/mol. The van der Waals surface area contributed by atoms with Gasteiger partial charge >= 0.3 is 0 Å². The molecule has 0 bridgehead atoms. The van der Waals surface area contributed by atoms with Gasteiger partial charge in [-0.05, 0) is 19.8 Å². The van der Waals surface area contributed by atoms with Crippen LogP contribution in [0.5, 0.6) is 0 Å². The molecule has 0 saturated carbocycles. The lowest BCUT2D eigenvalue weighted by Crippen LogP contribution is -2.56. The number of Topliss-reactive ketones (excluding diaryl/α,β-unsaturated/α-hetero) is 2. The van der Waals surface area contributed by atoms with Crippen LogP contribution in [0.25, 0.3) is 0 Å². The number of ketones is 2. The topological polar surface area (TPSA) is 112 Å². The van der Waals surface area contributed by atoms with Crippen molar-refractivity contribution in [2.45, 2.75) is 213 Å². The van der Waals surface area contributed by atoms with Crippen LogP contribution in [0.1, 0.15) is 207 Å². The molecule has 0 unspecified atom stereocenters. The van der Waals surface area contributed by atoms with E-state index < -0.39 is 15.7 Å². The normalized spacial score (nSPS) is 11.9. The molecule has 7 nitrogen and oxygen atoms in total. The van der Waals surface area contributed by atoms with Crippen molar-refractivity contribution in [3.63, 3.8) is 0 Å². The molecule has 0 aliphatic rings. The van der Waals surface area contributed by atoms with Crippen molar-refractivity contribution < 1.29 is 27.8 Å². The zero-order valence-electron chi connectivity index (χ0n) is 30.4. The second-order valence-corrected chi connectivity index (χ2v) is 14.8. The highest BCUT2D eigenvalue weighted by molar-refractivity contribution is 7.85. The Morgan fingerprint density at radius 2 is 0.711 bits per heavy atom. The first-order valence-electron chi connectivity index (χ1n) is 18.9. The predicted octanol–water partition coefficient (Wildman–Crippen LogP) is 11.1. The van der Waals surface area contributed by atoms with Crippen LogP contribution >= 0.6 is 0 Å². The van der Waals surface area contributed by atoms with E-state index in [0.29, 0.717) is 19.1 Å². The smallest absolute Gasteiger partial charge is 0.261 e. The molecule has 0 fully saturated rings. The number of hydrogen-bond donors (Lipinski definition) is 2. The van der Waals surface area contributed by atoms with Crippen molar-refractivity contribution in [1.82, 2.24) is 5.06 Å². The van der Waals surface area contributed by atoms with Crippen LogP contribution in [0.15, 0.2) is 0 Å². The van der Waals surface area contributed by atoms with Crippen LogP contribution in [-0.4, -0.2) is 53.1 Å². The molecule has 0 aliphatic carbocycles. The maximum Gasteiger partial charge on any atom is 0.261 e. The molecule has 0 rings (SSSR count). The molecule has 0 atom stereocenters. The van der Waals surface area contributed by atoms with Crippen molar-refractivity contribution in [2.75, 3.05) is 12.8 Å². The van der Waals surface area contributed by atoms with Gasteiger partial charge in [0.2, 0.25) is 0 Å². The van der Waals surface area contributed by atoms with Gasteiger partial charge in [0.15, 0.2) is 17.1 Å². The minimum Gasteiger partial charge on any atom is -0.313 e. The third-order valence-electron chi connectivity index (χ3n) is 8.92. The lowest BCUT2D eigenvalue weighted by atomic mass is 9.85. The number of hydroxylamine groups is 2. The molecule has 0 saturated heterocycles. The summed E-state index contributed by atoms with van der Waals surface area (Å²) in [5, 5.41) is 11.5. The van der Waals surface area contributed by atoms with Gasteiger partial charge in [-0.1, -0.05) is 175 Å². The van der Waals surface area contributed by atoms with E-state index in [0.717, 1.165) is 43.6 Å². The van der Waals surface area contributed by atoms with Gasteiger partial charge in [0.1, 0.15) is 0 Å². The summed E-state index contributed by atoms with van der Waals surface area (Å²) in [5.41, 5.74) is -1.39. The molecule has 0 aromatic rings. The summed E-state index contributed by atoms with van der Waals surface area (Å²) in [5.74, 6) is -0.223. The fraction of sp³-hybridized carbons (Fsp3) is 0.946. The molecule has 8 heteroatoms. The van der Waals surface area contributed by atoms with Gasteiger partial charge in [0.25, 0.3) is 10.1 Å². The summed E-state index contributed by atoms with van der Waals surface area (Å²) < 4.78 is 25.9. The van der Waals surface area contributed by atoms with Gasteiger partial charge in [0, 0.05) is 19.4 Å². The van der Waals surface area contributed by atoms with Gasteiger partial charge in [0.05, 0.1) is 6.26 Å². The van der Waals surface area contributed by atoms with Crippen molar-refractivity contribution in [1.29, 1.82) is 0 Å². The molecule has 0 aromatic carbocycles. The van der Waals surface area contributed by atoms with Gasteiger partial charge in [-0.15, -0.1) is 0 Å². The van der Waals surface area contributed by atoms with Crippen LogP contribution in [0.2, 0.25) is 0 Å². The number of nitrogens with zero attached hydrogens (tertiary/aromatic N) is 1. The van der Waals surface area contributed by atoms with Gasteiger partial charge in [-0.3, -0.25) is 14.1 Å². The second-order valence-electron chi connectivity index (χ2n) is 13.4. The minimum atomic E-state index is -3.67. The lowest BCUT2D eigenvalue weighted by Gasteiger charge is -2.33. The molecule has 0 amide bonds. The third kappa shape index (κ3) is 30.3. The molecule has 0 aliphatic heterocycles. The minimum absolute atomic E-state index is 0.111. The van der Waals surface area contributed by atoms with Crippen LogP contribution in [-0.2, 0) is 19.7 Å². The first kappa shape index (κ1) is 46.3. The SMILES string of the molecule is CCCCCCCCCCCCCCCC(=O)C(C)(C(=O)CCCCCCCCCCCCCCC)N(O)CC.CS(=O)(=O)O. The Morgan fingerprint density at radius 3 is 0.911 bits per heavy atom. The number of likely N-dealkylation sites (N-methyl/N-ethyl adjacent to an activating group) is 1. The average molecular weight is 662 g/mol. The first-order chi connectivity index (χ1) is 21.4. The summed E-state index contributed by atoms with van der Waals surface area (Å²) in [7, 11) is -3.67. The fourth-order valence-electron chi connectivity index (χ4n) is 5.85. The summed E-state index contributed by atoms with van der Waals surface area (Å²) >= 11 is 0. The Balaban J connectivity index is 0. The van der Waals surface area contributed by atoms with Crippen LogP contribution in [0.4, 0.5) is 0 Å². The van der Waals surface area contributed by atoms with E-state index in [-0.39, 0.29) is 18.1 Å². The van der Waals surface area contributed by atoms with Crippen molar-refractivity contribution in [3.8, 4) is 0 Å². The van der Waals surface area contributed by atoms with Crippen molar-refractivity contribution in [2.24, 2.45) is 0 Å². The molecular formula is C37H75NO6S. The van der Waals surface area contributed by atoms with Gasteiger partial charge < -0.3 is 5.21 Å². The Hall–Kier alpha value is -0.830. The third-order valence-corrected chi connectivity index (χ3v) is 8.92. The Kier molecular flexibility index (Phi) is 32.7. The van der Waals surface area contributed by atoms with E-state index in [1.165, 1.54) is 128 Å². The Bertz CT molecular complexity index is 736. The molecule has 0 heterocycles. The van der Waals surface area contributed by atoms with Crippen LogP contribution < -0.4 is 0 Å². The van der Waals surface area contributed by atoms with Crippen LogP contribution in [0.3, 0.4) is 0 Å². The van der Waals surface area contributed by atoms with Gasteiger partial charge in [-0.25, -0.2) is 0 Å². The molecule has 45 heavy (non-hydrogen) atoms. The zero-order chi connectivity index (χ0) is 34.2. The van der Waals surface area contributed by atoms with Gasteiger partial charge in [-0.2, -0.15) is 13.5 Å². The van der Waals surface area contributed by atoms with Crippen LogP contribution in [0, 0.1) is 0 Å². The van der Waals surface area contributed by atoms with E-state index in [4.69, 9.17) is 4.55 Å². The number of rotatable bonds is 32. The highest BCUT2D eigenvalue weighted by Gasteiger charge is 2.44. The summed E-state index contributed by atoms with van der Waals surface area (Å²) in [6, 6.07) is 0. The van der Waals surface area contributed by atoms with E-state index in [9.17, 15) is 23.2 Å². The van der Waals surface area contributed by atoms with E-state index in [1.807, 2.05) is 0 Å². The molecule has 0 aromatic heterocycles. The number of hydrogen-bond acceptors (Lipinski definition) is 6. The summed E-state index contributed by atoms with van der Waals surface area (Å²) in [6.45, 7) is 8.26. The molecule has 270 valence electrons. The predicted molar refractivity (Wildman–Crippen MR) is 191 cm³/mol. The highest BCUT2D eigenvalue weighted by Crippen LogP contribution is 2.23.